The maximum atomic E-state index is 12.4. The van der Waals surface area contributed by atoms with Crippen LogP contribution in [0.1, 0.15) is 9.67 Å². The molecule has 3 rings (SSSR count). The molecule has 0 aliphatic rings. The molecule has 0 spiro atoms. The van der Waals surface area contributed by atoms with Crippen molar-refractivity contribution in [1.82, 2.24) is 9.59 Å². The van der Waals surface area contributed by atoms with Gasteiger partial charge in [0.1, 0.15) is 10.6 Å². The highest BCUT2D eigenvalue weighted by atomic mass is 35.5. The van der Waals surface area contributed by atoms with Crippen LogP contribution in [-0.4, -0.2) is 15.5 Å². The van der Waals surface area contributed by atoms with E-state index in [2.05, 4.69) is 14.9 Å². The number of carbonyl (C=O) groups is 1. The van der Waals surface area contributed by atoms with Crippen molar-refractivity contribution in [3.8, 4) is 11.3 Å². The van der Waals surface area contributed by atoms with Crippen molar-refractivity contribution in [3.05, 3.63) is 63.5 Å². The normalized spacial score (nSPS) is 10.5. The van der Waals surface area contributed by atoms with Gasteiger partial charge in [-0.3, -0.25) is 4.79 Å². The molecule has 0 saturated heterocycles. The third-order valence-corrected chi connectivity index (χ3v) is 4.02. The predicted molar refractivity (Wildman–Crippen MR) is 89.8 cm³/mol. The third kappa shape index (κ3) is 3.27. The second-order valence-corrected chi connectivity index (χ2v) is 6.06. The molecule has 0 radical (unpaired) electrons. The van der Waals surface area contributed by atoms with E-state index in [0.717, 1.165) is 17.1 Å². The van der Waals surface area contributed by atoms with Gasteiger partial charge in [-0.15, -0.1) is 5.10 Å². The molecule has 0 fully saturated rings. The van der Waals surface area contributed by atoms with Gasteiger partial charge in [0.2, 0.25) is 0 Å². The number of halogens is 2. The van der Waals surface area contributed by atoms with Crippen LogP contribution in [0.3, 0.4) is 0 Å². The summed E-state index contributed by atoms with van der Waals surface area (Å²) in [6, 6.07) is 14.3. The summed E-state index contributed by atoms with van der Waals surface area (Å²) >= 11 is 12.9. The van der Waals surface area contributed by atoms with Crippen molar-refractivity contribution in [2.24, 2.45) is 0 Å². The summed E-state index contributed by atoms with van der Waals surface area (Å²) in [7, 11) is 0. The van der Waals surface area contributed by atoms with Crippen LogP contribution in [0.4, 0.5) is 5.69 Å². The molecule has 0 bridgehead atoms. The molecular weight excluding hydrogens is 341 g/mol. The van der Waals surface area contributed by atoms with Gasteiger partial charge in [-0.05, 0) is 29.7 Å². The molecule has 4 nitrogen and oxygen atoms in total. The largest absolute Gasteiger partial charge is 0.321 e. The van der Waals surface area contributed by atoms with Crippen LogP contribution in [0.2, 0.25) is 10.0 Å². The lowest BCUT2D eigenvalue weighted by Crippen LogP contribution is -2.11. The Morgan fingerprint density at radius 2 is 1.73 bits per heavy atom. The number of nitrogens with one attached hydrogen (secondary N) is 1. The maximum absolute atomic E-state index is 12.4. The first-order valence-corrected chi connectivity index (χ1v) is 7.81. The zero-order chi connectivity index (χ0) is 15.5. The summed E-state index contributed by atoms with van der Waals surface area (Å²) in [5.74, 6) is -0.299. The SMILES string of the molecule is O=C(Nc1cc(Cl)cc(Cl)c1)c1snnc1-c1ccccc1. The molecule has 0 aliphatic heterocycles. The van der Waals surface area contributed by atoms with Gasteiger partial charge in [0, 0.05) is 21.3 Å². The Morgan fingerprint density at radius 1 is 1.05 bits per heavy atom. The smallest absolute Gasteiger partial charge is 0.269 e. The van der Waals surface area contributed by atoms with E-state index in [0.29, 0.717) is 26.3 Å². The molecule has 1 aromatic heterocycles. The highest BCUT2D eigenvalue weighted by molar-refractivity contribution is 7.08. The first kappa shape index (κ1) is 15.0. The van der Waals surface area contributed by atoms with Gasteiger partial charge >= 0.3 is 0 Å². The number of amides is 1. The Kier molecular flexibility index (Phi) is 4.38. The number of anilines is 1. The molecule has 0 saturated carbocycles. The van der Waals surface area contributed by atoms with Crippen LogP contribution >= 0.6 is 34.7 Å². The number of hydrogen-bond donors (Lipinski definition) is 1. The average Bonchev–Trinajstić information content (AvgIpc) is 2.96. The van der Waals surface area contributed by atoms with E-state index in [1.54, 1.807) is 18.2 Å². The van der Waals surface area contributed by atoms with Crippen LogP contribution in [0, 0.1) is 0 Å². The van der Waals surface area contributed by atoms with Crippen molar-refractivity contribution in [2.75, 3.05) is 5.32 Å². The standard InChI is InChI=1S/C15H9Cl2N3OS/c16-10-6-11(17)8-12(7-10)18-15(21)14-13(19-20-22-14)9-4-2-1-3-5-9/h1-8H,(H,18,21). The number of hydrogen-bond acceptors (Lipinski definition) is 4. The van der Waals surface area contributed by atoms with Crippen molar-refractivity contribution in [1.29, 1.82) is 0 Å². The number of rotatable bonds is 3. The third-order valence-electron chi connectivity index (χ3n) is 2.86. The molecule has 3 aromatic rings. The molecule has 110 valence electrons. The van der Waals surface area contributed by atoms with Gasteiger partial charge < -0.3 is 5.32 Å². The lowest BCUT2D eigenvalue weighted by Gasteiger charge is -2.06. The highest BCUT2D eigenvalue weighted by Gasteiger charge is 2.18. The fourth-order valence-corrected chi connectivity index (χ4v) is 3.05. The number of carbonyl (C=O) groups excluding carboxylic acids is 1. The van der Waals surface area contributed by atoms with Gasteiger partial charge in [-0.25, -0.2) is 0 Å². The first-order chi connectivity index (χ1) is 10.6. The second kappa shape index (κ2) is 6.44. The van der Waals surface area contributed by atoms with Crippen LogP contribution in [-0.2, 0) is 0 Å². The summed E-state index contributed by atoms with van der Waals surface area (Å²) in [6.07, 6.45) is 0. The van der Waals surface area contributed by atoms with E-state index >= 15 is 0 Å². The van der Waals surface area contributed by atoms with Crippen molar-refractivity contribution >= 4 is 46.3 Å². The Bertz CT molecular complexity index is 800. The van der Waals surface area contributed by atoms with E-state index in [-0.39, 0.29) is 5.91 Å². The second-order valence-electron chi connectivity index (χ2n) is 4.43. The Hall–Kier alpha value is -1.95. The van der Waals surface area contributed by atoms with Gasteiger partial charge in [-0.1, -0.05) is 58.0 Å². The number of nitrogens with zero attached hydrogens (tertiary/aromatic N) is 2. The zero-order valence-corrected chi connectivity index (χ0v) is 13.4. The van der Waals surface area contributed by atoms with Crippen molar-refractivity contribution < 1.29 is 4.79 Å². The number of benzene rings is 2. The molecule has 0 atom stereocenters. The summed E-state index contributed by atoms with van der Waals surface area (Å²) in [6.45, 7) is 0. The van der Waals surface area contributed by atoms with E-state index in [4.69, 9.17) is 23.2 Å². The van der Waals surface area contributed by atoms with Crippen molar-refractivity contribution in [2.45, 2.75) is 0 Å². The summed E-state index contributed by atoms with van der Waals surface area (Å²) in [5, 5.41) is 7.70. The van der Waals surface area contributed by atoms with Gasteiger partial charge in [-0.2, -0.15) is 0 Å². The summed E-state index contributed by atoms with van der Waals surface area (Å²) < 4.78 is 3.88. The van der Waals surface area contributed by atoms with E-state index < -0.39 is 0 Å². The van der Waals surface area contributed by atoms with Crippen LogP contribution in [0.25, 0.3) is 11.3 Å². The molecule has 7 heteroatoms. The molecule has 1 heterocycles. The minimum Gasteiger partial charge on any atom is -0.321 e. The van der Waals surface area contributed by atoms with Gasteiger partial charge in [0.25, 0.3) is 5.91 Å². The molecule has 1 amide bonds. The lowest BCUT2D eigenvalue weighted by molar-refractivity contribution is 0.103. The molecular formula is C15H9Cl2N3OS. The minimum atomic E-state index is -0.299. The van der Waals surface area contributed by atoms with Crippen LogP contribution in [0.15, 0.2) is 48.5 Å². The topological polar surface area (TPSA) is 54.9 Å². The Labute approximate surface area is 140 Å². The first-order valence-electron chi connectivity index (χ1n) is 6.29. The number of aromatic nitrogens is 2. The average molecular weight is 350 g/mol. The van der Waals surface area contributed by atoms with Crippen LogP contribution < -0.4 is 5.32 Å². The Morgan fingerprint density at radius 3 is 2.41 bits per heavy atom. The monoisotopic (exact) mass is 349 g/mol. The molecule has 2 aromatic carbocycles. The fourth-order valence-electron chi connectivity index (χ4n) is 1.94. The van der Waals surface area contributed by atoms with E-state index in [1.165, 1.54) is 0 Å². The van der Waals surface area contributed by atoms with Gasteiger partial charge in [0.15, 0.2) is 0 Å². The molecule has 0 unspecified atom stereocenters. The quantitative estimate of drug-likeness (QED) is 0.741. The lowest BCUT2D eigenvalue weighted by atomic mass is 10.1. The molecule has 1 N–H and O–H groups in total. The van der Waals surface area contributed by atoms with E-state index in [9.17, 15) is 4.79 Å². The Balaban J connectivity index is 1.89. The molecule has 0 aliphatic carbocycles. The van der Waals surface area contributed by atoms with Gasteiger partial charge in [0.05, 0.1) is 0 Å². The van der Waals surface area contributed by atoms with E-state index in [1.807, 2.05) is 30.3 Å². The summed E-state index contributed by atoms with van der Waals surface area (Å²) in [4.78, 5) is 12.9. The molecule has 22 heavy (non-hydrogen) atoms. The predicted octanol–water partition coefficient (Wildman–Crippen LogP) is 4.76. The van der Waals surface area contributed by atoms with Crippen molar-refractivity contribution in [3.63, 3.8) is 0 Å². The maximum Gasteiger partial charge on any atom is 0.269 e. The fraction of sp³-hybridized carbons (Fsp3) is 0. The summed E-state index contributed by atoms with van der Waals surface area (Å²) in [5.41, 5.74) is 1.91. The highest BCUT2D eigenvalue weighted by Crippen LogP contribution is 2.26. The minimum absolute atomic E-state index is 0.299. The zero-order valence-electron chi connectivity index (χ0n) is 11.1. The van der Waals surface area contributed by atoms with Crippen LogP contribution in [0.5, 0.6) is 0 Å².